The van der Waals surface area contributed by atoms with Gasteiger partial charge in [0.1, 0.15) is 5.78 Å². The Morgan fingerprint density at radius 1 is 1.07 bits per heavy atom. The molecule has 2 aliphatic rings. The number of ketones is 1. The van der Waals surface area contributed by atoms with Gasteiger partial charge in [-0.25, -0.2) is 0 Å². The first kappa shape index (κ1) is 29.2. The van der Waals surface area contributed by atoms with Gasteiger partial charge in [0.05, 0.1) is 24.7 Å². The molecule has 6 heteroatoms. The summed E-state index contributed by atoms with van der Waals surface area (Å²) in [5.41, 5.74) is 5.89. The van der Waals surface area contributed by atoms with Crippen LogP contribution in [0.15, 0.2) is 90.9 Å². The zero-order valence-corrected chi connectivity index (χ0v) is 24.2. The Labute approximate surface area is 238 Å². The lowest BCUT2D eigenvalue weighted by atomic mass is 9.98. The number of ether oxygens (including phenoxy) is 1. The third kappa shape index (κ3) is 8.13. The summed E-state index contributed by atoms with van der Waals surface area (Å²) in [5.74, 6) is 1.59. The molecule has 6 nitrogen and oxygen atoms in total. The summed E-state index contributed by atoms with van der Waals surface area (Å²) in [5, 5.41) is 9.46. The van der Waals surface area contributed by atoms with E-state index in [-0.39, 0.29) is 5.78 Å². The molecular weight excluding hydrogens is 496 g/mol. The molecule has 210 valence electrons. The zero-order valence-electron chi connectivity index (χ0n) is 24.2. The molecule has 1 saturated heterocycles. The fourth-order valence-electron chi connectivity index (χ4n) is 4.98. The Bertz CT molecular complexity index is 1370. The average Bonchev–Trinajstić information content (AvgIpc) is 3.72. The highest BCUT2D eigenvalue weighted by Gasteiger charge is 2.38. The number of anilines is 1. The van der Waals surface area contributed by atoms with Crippen molar-refractivity contribution in [2.75, 3.05) is 31.6 Å². The van der Waals surface area contributed by atoms with Gasteiger partial charge in [0.2, 0.25) is 0 Å². The lowest BCUT2D eigenvalue weighted by Crippen LogP contribution is -2.35. The van der Waals surface area contributed by atoms with Gasteiger partial charge in [-0.3, -0.25) is 9.88 Å². The van der Waals surface area contributed by atoms with E-state index in [2.05, 4.69) is 95.8 Å². The van der Waals surface area contributed by atoms with E-state index in [1.54, 1.807) is 0 Å². The number of pyridine rings is 1. The summed E-state index contributed by atoms with van der Waals surface area (Å²) in [6.07, 6.45) is 9.54. The summed E-state index contributed by atoms with van der Waals surface area (Å²) >= 11 is 0. The van der Waals surface area contributed by atoms with E-state index < -0.39 is 0 Å². The number of fused-ring (bicyclic) bond motifs is 1. The third-order valence-corrected chi connectivity index (χ3v) is 7.12. The lowest BCUT2D eigenvalue weighted by molar-refractivity contribution is -0.114. The van der Waals surface area contributed by atoms with Crippen molar-refractivity contribution in [3.8, 4) is 11.1 Å². The SMILES string of the molecule is C=C(Nc1ccc(-c2ccc(CN3CCOCC3)nc2)c2ccccc12)NC1CC1/C(C)=C/C=C\C.CC(C)=O. The Morgan fingerprint density at radius 2 is 1.80 bits per heavy atom. The number of benzene rings is 2. The Morgan fingerprint density at radius 3 is 2.48 bits per heavy atom. The van der Waals surface area contributed by atoms with E-state index in [0.29, 0.717) is 12.0 Å². The standard InChI is InChI=1S/C31H36N4O.C3H6O/c1-4-5-8-22(2)29-19-31(29)34-23(3)33-30-14-13-26(27-9-6-7-10-28(27)30)24-11-12-25(32-20-24)21-35-15-17-36-18-16-35;1-3(2)4/h4-14,20,29,31,33-34H,3,15-19,21H2,1-2H3;1-2H3/b5-4-,22-8+;. The van der Waals surface area contributed by atoms with E-state index in [0.717, 1.165) is 62.0 Å². The number of rotatable bonds is 9. The molecule has 40 heavy (non-hydrogen) atoms. The van der Waals surface area contributed by atoms with Crippen LogP contribution in [0.2, 0.25) is 0 Å². The maximum absolute atomic E-state index is 9.44. The Hall–Kier alpha value is -3.74. The lowest BCUT2D eigenvalue weighted by Gasteiger charge is -2.26. The number of allylic oxidation sites excluding steroid dienone is 3. The monoisotopic (exact) mass is 538 g/mol. The molecule has 0 bridgehead atoms. The minimum absolute atomic E-state index is 0.167. The van der Waals surface area contributed by atoms with Crippen molar-refractivity contribution in [1.29, 1.82) is 0 Å². The van der Waals surface area contributed by atoms with Gasteiger partial charge >= 0.3 is 0 Å². The van der Waals surface area contributed by atoms with Crippen molar-refractivity contribution < 1.29 is 9.53 Å². The molecule has 2 fully saturated rings. The quantitative estimate of drug-likeness (QED) is 0.295. The van der Waals surface area contributed by atoms with Crippen LogP contribution >= 0.6 is 0 Å². The molecule has 2 heterocycles. The van der Waals surface area contributed by atoms with Crippen molar-refractivity contribution >= 4 is 22.2 Å². The fraction of sp³-hybridized carbons (Fsp3) is 0.353. The molecule has 1 aliphatic carbocycles. The molecule has 0 radical (unpaired) electrons. The molecule has 2 atom stereocenters. The largest absolute Gasteiger partial charge is 0.379 e. The summed E-state index contributed by atoms with van der Waals surface area (Å²) in [6.45, 7) is 16.0. The van der Waals surface area contributed by atoms with Crippen LogP contribution in [0.3, 0.4) is 0 Å². The first-order chi connectivity index (χ1) is 19.4. The Balaban J connectivity index is 0.000000867. The van der Waals surface area contributed by atoms with Crippen LogP contribution in [0.4, 0.5) is 5.69 Å². The van der Waals surface area contributed by atoms with Crippen molar-refractivity contribution in [3.05, 3.63) is 96.6 Å². The first-order valence-corrected chi connectivity index (χ1v) is 14.1. The number of carbonyl (C=O) groups is 1. The van der Waals surface area contributed by atoms with E-state index >= 15 is 0 Å². The predicted molar refractivity (Wildman–Crippen MR) is 166 cm³/mol. The highest BCUT2D eigenvalue weighted by Crippen LogP contribution is 2.38. The van der Waals surface area contributed by atoms with Crippen molar-refractivity contribution in [3.63, 3.8) is 0 Å². The molecular formula is C34H42N4O2. The minimum Gasteiger partial charge on any atom is -0.379 e. The molecule has 3 aromatic rings. The van der Waals surface area contributed by atoms with Crippen LogP contribution in [0, 0.1) is 5.92 Å². The molecule has 0 spiro atoms. The van der Waals surface area contributed by atoms with Crippen LogP contribution in [0.5, 0.6) is 0 Å². The third-order valence-electron chi connectivity index (χ3n) is 7.12. The van der Waals surface area contributed by atoms with Gasteiger partial charge in [0, 0.05) is 54.4 Å². The van der Waals surface area contributed by atoms with Crippen LogP contribution < -0.4 is 10.6 Å². The molecule has 2 aromatic carbocycles. The first-order valence-electron chi connectivity index (χ1n) is 14.1. The predicted octanol–water partition coefficient (Wildman–Crippen LogP) is 6.71. The van der Waals surface area contributed by atoms with Gasteiger partial charge in [0.15, 0.2) is 0 Å². The van der Waals surface area contributed by atoms with Gasteiger partial charge in [-0.05, 0) is 57.2 Å². The van der Waals surface area contributed by atoms with Crippen LogP contribution in [0.25, 0.3) is 21.9 Å². The van der Waals surface area contributed by atoms with E-state index in [9.17, 15) is 4.79 Å². The second-order valence-corrected chi connectivity index (χ2v) is 10.7. The number of nitrogens with one attached hydrogen (secondary N) is 2. The molecule has 2 unspecified atom stereocenters. The number of carbonyl (C=O) groups excluding carboxylic acids is 1. The highest BCUT2D eigenvalue weighted by molar-refractivity contribution is 6.03. The molecule has 5 rings (SSSR count). The molecule has 1 aliphatic heterocycles. The number of morpholine rings is 1. The van der Waals surface area contributed by atoms with E-state index in [1.165, 1.54) is 35.8 Å². The van der Waals surface area contributed by atoms with Crippen molar-refractivity contribution in [1.82, 2.24) is 15.2 Å². The van der Waals surface area contributed by atoms with Gasteiger partial charge in [-0.2, -0.15) is 0 Å². The van der Waals surface area contributed by atoms with Gasteiger partial charge in [-0.15, -0.1) is 0 Å². The second-order valence-electron chi connectivity index (χ2n) is 10.7. The van der Waals surface area contributed by atoms with E-state index in [4.69, 9.17) is 9.72 Å². The summed E-state index contributed by atoms with van der Waals surface area (Å²) in [4.78, 5) is 16.6. The normalized spacial score (nSPS) is 19.1. The molecule has 2 N–H and O–H groups in total. The van der Waals surface area contributed by atoms with Crippen LogP contribution in [-0.2, 0) is 16.1 Å². The van der Waals surface area contributed by atoms with Crippen molar-refractivity contribution in [2.45, 2.75) is 46.7 Å². The van der Waals surface area contributed by atoms with Crippen LogP contribution in [0.1, 0.15) is 39.8 Å². The summed E-state index contributed by atoms with van der Waals surface area (Å²) in [6, 6.07) is 17.6. The number of Topliss-reactive ketones (excluding diaryl/α,β-unsaturated/α-hetero) is 1. The minimum atomic E-state index is 0.167. The van der Waals surface area contributed by atoms with Crippen molar-refractivity contribution in [2.24, 2.45) is 5.92 Å². The smallest absolute Gasteiger partial charge is 0.126 e. The number of hydrogen-bond donors (Lipinski definition) is 2. The van der Waals surface area contributed by atoms with Gasteiger partial charge < -0.3 is 20.2 Å². The van der Waals surface area contributed by atoms with E-state index in [1.807, 2.05) is 13.1 Å². The maximum Gasteiger partial charge on any atom is 0.126 e. The molecule has 1 saturated carbocycles. The number of aromatic nitrogens is 1. The fourth-order valence-corrected chi connectivity index (χ4v) is 4.98. The topological polar surface area (TPSA) is 66.5 Å². The zero-order chi connectivity index (χ0) is 28.5. The molecule has 0 amide bonds. The average molecular weight is 539 g/mol. The summed E-state index contributed by atoms with van der Waals surface area (Å²) in [7, 11) is 0. The highest BCUT2D eigenvalue weighted by atomic mass is 16.5. The number of hydrogen-bond acceptors (Lipinski definition) is 6. The van der Waals surface area contributed by atoms with Gasteiger partial charge in [0.25, 0.3) is 0 Å². The van der Waals surface area contributed by atoms with Gasteiger partial charge in [-0.1, -0.05) is 66.8 Å². The summed E-state index contributed by atoms with van der Waals surface area (Å²) < 4.78 is 5.46. The number of nitrogens with zero attached hydrogens (tertiary/aromatic N) is 2. The second kappa shape index (κ2) is 14.1. The van der Waals surface area contributed by atoms with Crippen LogP contribution in [-0.4, -0.2) is 48.0 Å². The Kier molecular flexibility index (Phi) is 10.3. The molecule has 1 aromatic heterocycles. The maximum atomic E-state index is 9.44.